The van der Waals surface area contributed by atoms with Crippen LogP contribution in [-0.4, -0.2) is 20.5 Å². The monoisotopic (exact) mass is 441 g/mol. The summed E-state index contributed by atoms with van der Waals surface area (Å²) in [6, 6.07) is 14.5. The van der Waals surface area contributed by atoms with Crippen molar-refractivity contribution < 1.29 is 18.0 Å². The van der Waals surface area contributed by atoms with E-state index in [0.29, 0.717) is 11.4 Å². The topological polar surface area (TPSA) is 105 Å². The number of H-pyrrole nitrogens is 1. The summed E-state index contributed by atoms with van der Waals surface area (Å²) in [5.74, 6) is -0.546. The van der Waals surface area contributed by atoms with Crippen LogP contribution in [0.15, 0.2) is 59.4 Å². The van der Waals surface area contributed by atoms with Crippen LogP contribution in [0.5, 0.6) is 0 Å². The van der Waals surface area contributed by atoms with Gasteiger partial charge in [0.15, 0.2) is 5.65 Å². The highest BCUT2D eigenvalue weighted by Crippen LogP contribution is 2.38. The number of carbonyl (C=O) groups is 1. The number of nitrogens with zero attached hydrogens (tertiary/aromatic N) is 2. The van der Waals surface area contributed by atoms with E-state index in [1.54, 1.807) is 42.5 Å². The molecule has 1 amide bonds. The average Bonchev–Trinajstić information content (AvgIpc) is 3.13. The van der Waals surface area contributed by atoms with Crippen molar-refractivity contribution in [3.8, 4) is 11.1 Å². The number of anilines is 2. The Morgan fingerprint density at radius 1 is 1.12 bits per heavy atom. The Kier molecular flexibility index (Phi) is 5.21. The Morgan fingerprint density at radius 3 is 2.44 bits per heavy atom. The SMILES string of the molecule is Cc1nc2c(-c3ccccc3)c(C(F)(F)F)[nH]n2c(=O)c1CC(=O)Nc1ccccc1N. The molecule has 0 aliphatic carbocycles. The van der Waals surface area contributed by atoms with E-state index in [4.69, 9.17) is 5.73 Å². The molecule has 0 atom stereocenters. The number of nitrogens with one attached hydrogen (secondary N) is 2. The third-order valence-electron chi connectivity index (χ3n) is 5.00. The largest absolute Gasteiger partial charge is 0.433 e. The molecule has 0 aliphatic rings. The number of amides is 1. The first kappa shape index (κ1) is 21.2. The normalized spacial score (nSPS) is 11.6. The second-order valence-electron chi connectivity index (χ2n) is 7.18. The number of aryl methyl sites for hydroxylation is 1. The van der Waals surface area contributed by atoms with Crippen molar-refractivity contribution in [2.75, 3.05) is 11.1 Å². The van der Waals surface area contributed by atoms with E-state index in [1.807, 2.05) is 0 Å². The van der Waals surface area contributed by atoms with Gasteiger partial charge in [-0.3, -0.25) is 14.7 Å². The predicted octanol–water partition coefficient (Wildman–Crippen LogP) is 3.78. The molecule has 0 radical (unpaired) electrons. The summed E-state index contributed by atoms with van der Waals surface area (Å²) in [6.45, 7) is 1.48. The number of aromatic nitrogens is 3. The van der Waals surface area contributed by atoms with Gasteiger partial charge < -0.3 is 11.1 Å². The first-order valence-corrected chi connectivity index (χ1v) is 9.58. The van der Waals surface area contributed by atoms with Crippen LogP contribution in [0.3, 0.4) is 0 Å². The molecule has 164 valence electrons. The number of para-hydroxylation sites is 2. The summed E-state index contributed by atoms with van der Waals surface area (Å²) in [6.07, 6.45) is -5.13. The van der Waals surface area contributed by atoms with Crippen LogP contribution in [0.1, 0.15) is 17.0 Å². The second-order valence-corrected chi connectivity index (χ2v) is 7.18. The van der Waals surface area contributed by atoms with Crippen LogP contribution < -0.4 is 16.6 Å². The molecule has 32 heavy (non-hydrogen) atoms. The number of benzene rings is 2. The summed E-state index contributed by atoms with van der Waals surface area (Å²) in [5.41, 5.74) is 4.65. The molecule has 0 saturated heterocycles. The zero-order valence-electron chi connectivity index (χ0n) is 16.8. The van der Waals surface area contributed by atoms with Gasteiger partial charge in [0.1, 0.15) is 5.69 Å². The van der Waals surface area contributed by atoms with Gasteiger partial charge in [0.05, 0.1) is 23.4 Å². The van der Waals surface area contributed by atoms with E-state index in [0.717, 1.165) is 4.52 Å². The smallest absolute Gasteiger partial charge is 0.397 e. The summed E-state index contributed by atoms with van der Waals surface area (Å²) in [4.78, 5) is 29.8. The highest BCUT2D eigenvalue weighted by atomic mass is 19.4. The Balaban J connectivity index is 1.81. The molecule has 2 aromatic carbocycles. The van der Waals surface area contributed by atoms with Gasteiger partial charge in [0, 0.05) is 11.3 Å². The number of alkyl halides is 3. The van der Waals surface area contributed by atoms with Crippen LogP contribution in [-0.2, 0) is 17.4 Å². The summed E-state index contributed by atoms with van der Waals surface area (Å²) in [7, 11) is 0. The standard InChI is InChI=1S/C22H18F3N5O2/c1-12-14(11-17(31)28-16-10-6-5-9-15(16)26)21(32)30-20(27-12)18(13-7-3-2-4-8-13)19(29-30)22(23,24)25/h2-10,29H,11,26H2,1H3,(H,28,31). The quantitative estimate of drug-likeness (QED) is 0.419. The van der Waals surface area contributed by atoms with E-state index < -0.39 is 23.3 Å². The van der Waals surface area contributed by atoms with Crippen LogP contribution in [0.4, 0.5) is 24.5 Å². The van der Waals surface area contributed by atoms with Crippen molar-refractivity contribution in [2.45, 2.75) is 19.5 Å². The number of rotatable bonds is 4. The highest BCUT2D eigenvalue weighted by Gasteiger charge is 2.38. The number of hydrogen-bond acceptors (Lipinski definition) is 4. The zero-order valence-corrected chi connectivity index (χ0v) is 16.8. The lowest BCUT2D eigenvalue weighted by molar-refractivity contribution is -0.140. The van der Waals surface area contributed by atoms with Gasteiger partial charge in [-0.15, -0.1) is 0 Å². The molecule has 0 spiro atoms. The first-order chi connectivity index (χ1) is 15.2. The van der Waals surface area contributed by atoms with Gasteiger partial charge in [-0.25, -0.2) is 9.50 Å². The number of nitrogens with two attached hydrogens (primary N) is 1. The van der Waals surface area contributed by atoms with E-state index in [2.05, 4.69) is 15.4 Å². The molecule has 0 unspecified atom stereocenters. The van der Waals surface area contributed by atoms with Crippen LogP contribution >= 0.6 is 0 Å². The molecular weight excluding hydrogens is 423 g/mol. The maximum absolute atomic E-state index is 13.7. The molecule has 7 nitrogen and oxygen atoms in total. The fraction of sp³-hybridized carbons (Fsp3) is 0.136. The summed E-state index contributed by atoms with van der Waals surface area (Å²) < 4.78 is 42.0. The van der Waals surface area contributed by atoms with Crippen LogP contribution in [0, 0.1) is 6.92 Å². The lowest BCUT2D eigenvalue weighted by atomic mass is 10.1. The van der Waals surface area contributed by atoms with E-state index in [9.17, 15) is 22.8 Å². The Morgan fingerprint density at radius 2 is 1.78 bits per heavy atom. The van der Waals surface area contributed by atoms with E-state index >= 15 is 0 Å². The lowest BCUT2D eigenvalue weighted by Crippen LogP contribution is -2.26. The number of halogens is 3. The minimum Gasteiger partial charge on any atom is -0.397 e. The minimum atomic E-state index is -4.75. The molecule has 0 fully saturated rings. The van der Waals surface area contributed by atoms with Crippen LogP contribution in [0.25, 0.3) is 16.8 Å². The number of hydrogen-bond donors (Lipinski definition) is 3. The maximum atomic E-state index is 13.7. The molecule has 4 N–H and O–H groups in total. The number of carbonyl (C=O) groups excluding carboxylic acids is 1. The van der Waals surface area contributed by atoms with Gasteiger partial charge in [-0.2, -0.15) is 13.2 Å². The van der Waals surface area contributed by atoms with Crippen molar-refractivity contribution in [3.05, 3.63) is 81.9 Å². The van der Waals surface area contributed by atoms with Crippen LogP contribution in [0.2, 0.25) is 0 Å². The van der Waals surface area contributed by atoms with Gasteiger partial charge in [-0.05, 0) is 24.6 Å². The van der Waals surface area contributed by atoms with Gasteiger partial charge in [0.2, 0.25) is 5.91 Å². The fourth-order valence-electron chi connectivity index (χ4n) is 3.47. The summed E-state index contributed by atoms with van der Waals surface area (Å²) in [5, 5.41) is 4.73. The number of fused-ring (bicyclic) bond motifs is 1. The van der Waals surface area contributed by atoms with Crippen molar-refractivity contribution in [2.24, 2.45) is 0 Å². The molecule has 0 saturated carbocycles. The lowest BCUT2D eigenvalue weighted by Gasteiger charge is -2.09. The molecule has 0 bridgehead atoms. The van der Waals surface area contributed by atoms with Gasteiger partial charge in [-0.1, -0.05) is 42.5 Å². The number of nitrogen functional groups attached to an aromatic ring is 1. The molecule has 4 aromatic rings. The fourth-order valence-corrected chi connectivity index (χ4v) is 3.47. The van der Waals surface area contributed by atoms with Crippen molar-refractivity contribution in [1.82, 2.24) is 14.6 Å². The average molecular weight is 441 g/mol. The number of aromatic amines is 1. The Hall–Kier alpha value is -4.08. The van der Waals surface area contributed by atoms with Gasteiger partial charge >= 0.3 is 6.18 Å². The van der Waals surface area contributed by atoms with Crippen molar-refractivity contribution >= 4 is 22.9 Å². The third kappa shape index (κ3) is 3.82. The molecule has 10 heteroatoms. The van der Waals surface area contributed by atoms with Crippen molar-refractivity contribution in [1.29, 1.82) is 0 Å². The summed E-state index contributed by atoms with van der Waals surface area (Å²) >= 11 is 0. The second kappa shape index (κ2) is 7.88. The Bertz CT molecular complexity index is 1370. The van der Waals surface area contributed by atoms with Gasteiger partial charge in [0.25, 0.3) is 5.56 Å². The molecule has 4 rings (SSSR count). The molecule has 2 aromatic heterocycles. The minimum absolute atomic E-state index is 0.0240. The zero-order chi connectivity index (χ0) is 23.0. The third-order valence-corrected chi connectivity index (χ3v) is 5.00. The molecule has 2 heterocycles. The van der Waals surface area contributed by atoms with E-state index in [1.165, 1.54) is 19.1 Å². The molecule has 0 aliphatic heterocycles. The molecular formula is C22H18F3N5O2. The van der Waals surface area contributed by atoms with Crippen molar-refractivity contribution in [3.63, 3.8) is 0 Å². The predicted molar refractivity (Wildman–Crippen MR) is 114 cm³/mol. The highest BCUT2D eigenvalue weighted by molar-refractivity contribution is 5.95. The maximum Gasteiger partial charge on any atom is 0.433 e. The Labute approximate surface area is 179 Å². The van der Waals surface area contributed by atoms with E-state index in [-0.39, 0.29) is 34.5 Å². The first-order valence-electron chi connectivity index (χ1n) is 9.58.